The van der Waals surface area contributed by atoms with Crippen molar-refractivity contribution in [3.05, 3.63) is 12.2 Å². The first-order valence-electron chi connectivity index (χ1n) is 10.8. The molecule has 162 valence electrons. The van der Waals surface area contributed by atoms with Gasteiger partial charge in [-0.1, -0.05) is 103 Å². The van der Waals surface area contributed by atoms with E-state index in [1.54, 1.807) is 0 Å². The second kappa shape index (κ2) is 28.8. The zero-order valence-electron chi connectivity index (χ0n) is 17.3. The van der Waals surface area contributed by atoms with E-state index in [4.69, 9.17) is 15.3 Å². The predicted octanol–water partition coefficient (Wildman–Crippen LogP) is 5.30. The molecular weight excluding hydrogens is 367 g/mol. The standard InChI is InChI=1S/C18H38O.C4H4O4.Na.H/c1-2-3-4-5-6-7-8-9-10-11-12-13-14-15-16-17-18-19;5-3(6)1-2-4(7)8;;/h19H,2-18H2,1H3;1-2H,(H,5,6)(H,7,8);;/b;2-1+;;. The van der Waals surface area contributed by atoms with Gasteiger partial charge in [0.05, 0.1) is 0 Å². The summed E-state index contributed by atoms with van der Waals surface area (Å²) in [6.45, 7) is 2.66. The third kappa shape index (κ3) is 36.5. The van der Waals surface area contributed by atoms with E-state index in [0.717, 1.165) is 6.42 Å². The molecule has 0 radical (unpaired) electrons. The van der Waals surface area contributed by atoms with E-state index in [1.807, 2.05) is 0 Å². The van der Waals surface area contributed by atoms with E-state index in [1.165, 1.54) is 96.3 Å². The summed E-state index contributed by atoms with van der Waals surface area (Å²) >= 11 is 0. The summed E-state index contributed by atoms with van der Waals surface area (Å²) in [6.07, 6.45) is 23.3. The molecule has 0 fully saturated rings. The molecule has 0 unspecified atom stereocenters. The van der Waals surface area contributed by atoms with Crippen LogP contribution in [0, 0.1) is 0 Å². The van der Waals surface area contributed by atoms with Gasteiger partial charge in [-0.15, -0.1) is 0 Å². The second-order valence-electron chi connectivity index (χ2n) is 7.04. The number of rotatable bonds is 18. The quantitative estimate of drug-likeness (QED) is 0.162. The summed E-state index contributed by atoms with van der Waals surface area (Å²) in [4.78, 5) is 19.1. The first kappa shape index (κ1) is 32.3. The van der Waals surface area contributed by atoms with E-state index < -0.39 is 11.9 Å². The summed E-state index contributed by atoms with van der Waals surface area (Å²) in [5, 5.41) is 24.3. The van der Waals surface area contributed by atoms with Crippen molar-refractivity contribution in [3.8, 4) is 0 Å². The van der Waals surface area contributed by atoms with Crippen molar-refractivity contribution < 1.29 is 24.9 Å². The molecule has 5 nitrogen and oxygen atoms in total. The maximum atomic E-state index is 9.55. The van der Waals surface area contributed by atoms with Gasteiger partial charge >= 0.3 is 41.5 Å². The minimum atomic E-state index is -1.26. The van der Waals surface area contributed by atoms with Crippen molar-refractivity contribution in [1.29, 1.82) is 0 Å². The number of aliphatic hydroxyl groups is 1. The van der Waals surface area contributed by atoms with Crippen molar-refractivity contribution in [3.63, 3.8) is 0 Å². The van der Waals surface area contributed by atoms with Gasteiger partial charge in [-0.25, -0.2) is 9.59 Å². The molecule has 0 atom stereocenters. The van der Waals surface area contributed by atoms with E-state index >= 15 is 0 Å². The van der Waals surface area contributed by atoms with Crippen LogP contribution in [-0.4, -0.2) is 63.4 Å². The number of carbonyl (C=O) groups is 2. The van der Waals surface area contributed by atoms with Gasteiger partial charge in [0.15, 0.2) is 0 Å². The zero-order valence-corrected chi connectivity index (χ0v) is 17.3. The fourth-order valence-electron chi connectivity index (χ4n) is 2.80. The molecule has 28 heavy (non-hydrogen) atoms. The Morgan fingerprint density at radius 2 is 0.821 bits per heavy atom. The molecule has 0 saturated heterocycles. The molecule has 0 rings (SSSR count). The van der Waals surface area contributed by atoms with Crippen molar-refractivity contribution in [2.75, 3.05) is 6.61 Å². The third-order valence-corrected chi connectivity index (χ3v) is 4.38. The van der Waals surface area contributed by atoms with Gasteiger partial charge < -0.3 is 15.3 Å². The van der Waals surface area contributed by atoms with Crippen molar-refractivity contribution in [2.24, 2.45) is 0 Å². The summed E-state index contributed by atoms with van der Waals surface area (Å²) in [7, 11) is 0. The molecule has 0 bridgehead atoms. The van der Waals surface area contributed by atoms with Gasteiger partial charge in [-0.3, -0.25) is 0 Å². The fourth-order valence-corrected chi connectivity index (χ4v) is 2.80. The number of unbranched alkanes of at least 4 members (excludes halogenated alkanes) is 15. The van der Waals surface area contributed by atoms with Crippen molar-refractivity contribution in [1.82, 2.24) is 0 Å². The first-order chi connectivity index (χ1) is 13.0. The van der Waals surface area contributed by atoms with Crippen LogP contribution < -0.4 is 0 Å². The zero-order chi connectivity index (χ0) is 20.6. The van der Waals surface area contributed by atoms with Gasteiger partial charge in [0.25, 0.3) is 0 Å². The van der Waals surface area contributed by atoms with E-state index in [2.05, 4.69) is 6.92 Å². The van der Waals surface area contributed by atoms with Crippen LogP contribution >= 0.6 is 0 Å². The van der Waals surface area contributed by atoms with Crippen LogP contribution in [0.1, 0.15) is 110 Å². The van der Waals surface area contributed by atoms with Gasteiger partial charge in [0.1, 0.15) is 0 Å². The van der Waals surface area contributed by atoms with Crippen LogP contribution in [0.15, 0.2) is 12.2 Å². The average Bonchev–Trinajstić information content (AvgIpc) is 2.64. The molecule has 0 amide bonds. The summed E-state index contributed by atoms with van der Waals surface area (Å²) < 4.78 is 0. The van der Waals surface area contributed by atoms with Gasteiger partial charge in [0.2, 0.25) is 0 Å². The van der Waals surface area contributed by atoms with Gasteiger partial charge in [-0.2, -0.15) is 0 Å². The molecule has 0 aliphatic rings. The Hall–Kier alpha value is -0.360. The van der Waals surface area contributed by atoms with Crippen LogP contribution in [0.2, 0.25) is 0 Å². The Bertz CT molecular complexity index is 327. The molecule has 0 aliphatic carbocycles. The molecule has 0 aromatic heterocycles. The number of carboxylic acid groups (broad SMARTS) is 2. The Morgan fingerprint density at radius 1 is 0.571 bits per heavy atom. The first-order valence-corrected chi connectivity index (χ1v) is 10.8. The summed E-state index contributed by atoms with van der Waals surface area (Å²) in [5.41, 5.74) is 0. The van der Waals surface area contributed by atoms with E-state index in [9.17, 15) is 9.59 Å². The minimum absolute atomic E-state index is 0. The van der Waals surface area contributed by atoms with Crippen LogP contribution in [-0.2, 0) is 9.59 Å². The number of hydrogen-bond acceptors (Lipinski definition) is 3. The summed E-state index contributed by atoms with van der Waals surface area (Å²) in [5.74, 6) is -2.51. The van der Waals surface area contributed by atoms with Crippen LogP contribution in [0.3, 0.4) is 0 Å². The molecule has 0 aromatic carbocycles. The fraction of sp³-hybridized carbons (Fsp3) is 0.818. The second-order valence-corrected chi connectivity index (χ2v) is 7.04. The molecule has 0 aromatic rings. The number of aliphatic hydroxyl groups excluding tert-OH is 1. The van der Waals surface area contributed by atoms with Crippen LogP contribution in [0.4, 0.5) is 0 Å². The van der Waals surface area contributed by atoms with Crippen molar-refractivity contribution in [2.45, 2.75) is 110 Å². The van der Waals surface area contributed by atoms with Crippen LogP contribution in [0.5, 0.6) is 0 Å². The molecule has 0 heterocycles. The predicted molar refractivity (Wildman–Crippen MR) is 118 cm³/mol. The maximum absolute atomic E-state index is 9.55. The third-order valence-electron chi connectivity index (χ3n) is 4.38. The average molecular weight is 411 g/mol. The molecule has 6 heteroatoms. The molecule has 0 saturated carbocycles. The monoisotopic (exact) mass is 410 g/mol. The number of aliphatic carboxylic acids is 2. The molecule has 0 spiro atoms. The van der Waals surface area contributed by atoms with Crippen molar-refractivity contribution >= 4 is 41.5 Å². The Kier molecular flexibility index (Phi) is 33.3. The molecule has 0 aliphatic heterocycles. The Labute approximate surface area is 194 Å². The SMILES string of the molecule is CCCCCCCCCCCCCCCCCCO.O=C(O)/C=C/C(=O)O.[NaH]. The Balaban J connectivity index is -0.000000587. The Morgan fingerprint density at radius 3 is 1.04 bits per heavy atom. The number of carboxylic acids is 2. The normalized spacial score (nSPS) is 10.2. The van der Waals surface area contributed by atoms with Crippen LogP contribution in [0.25, 0.3) is 0 Å². The molecule has 3 N–H and O–H groups in total. The molecular formula is C22H43NaO5. The summed E-state index contributed by atoms with van der Waals surface area (Å²) in [6, 6.07) is 0. The van der Waals surface area contributed by atoms with Gasteiger partial charge in [0, 0.05) is 18.8 Å². The topological polar surface area (TPSA) is 94.8 Å². The van der Waals surface area contributed by atoms with E-state index in [0.29, 0.717) is 18.8 Å². The van der Waals surface area contributed by atoms with E-state index in [-0.39, 0.29) is 29.6 Å². The van der Waals surface area contributed by atoms with Gasteiger partial charge in [-0.05, 0) is 6.42 Å². The number of hydrogen-bond donors (Lipinski definition) is 3.